The summed E-state index contributed by atoms with van der Waals surface area (Å²) in [5, 5.41) is 5.25. The summed E-state index contributed by atoms with van der Waals surface area (Å²) in [4.78, 5) is 2.25. The van der Waals surface area contributed by atoms with Crippen LogP contribution < -0.4 is 5.73 Å². The van der Waals surface area contributed by atoms with Crippen molar-refractivity contribution in [2.24, 2.45) is 18.7 Å². The summed E-state index contributed by atoms with van der Waals surface area (Å²) in [5.41, 5.74) is 8.13. The smallest absolute Gasteiger partial charge is 0.0863 e. The van der Waals surface area contributed by atoms with Crippen molar-refractivity contribution in [1.29, 1.82) is 0 Å². The van der Waals surface area contributed by atoms with Crippen molar-refractivity contribution in [3.8, 4) is 0 Å². The zero-order chi connectivity index (χ0) is 14.6. The van der Waals surface area contributed by atoms with Gasteiger partial charge >= 0.3 is 0 Å². The van der Waals surface area contributed by atoms with Crippen LogP contribution >= 0.6 is 11.6 Å². The van der Waals surface area contributed by atoms with Crippen molar-refractivity contribution in [1.82, 2.24) is 14.7 Å². The van der Waals surface area contributed by atoms with Crippen molar-refractivity contribution in [2.75, 3.05) is 13.6 Å². The molecule has 1 unspecified atom stereocenters. The van der Waals surface area contributed by atoms with E-state index < -0.39 is 0 Å². The van der Waals surface area contributed by atoms with Crippen LogP contribution in [-0.4, -0.2) is 34.3 Å². The molecule has 19 heavy (non-hydrogen) atoms. The zero-order valence-electron chi connectivity index (χ0n) is 12.8. The lowest BCUT2D eigenvalue weighted by molar-refractivity contribution is 0.289. The topological polar surface area (TPSA) is 47.1 Å². The molecule has 1 rings (SSSR count). The molecular formula is C14H27ClN4. The van der Waals surface area contributed by atoms with E-state index in [0.29, 0.717) is 5.92 Å². The van der Waals surface area contributed by atoms with E-state index in [2.05, 4.69) is 37.8 Å². The Morgan fingerprint density at radius 1 is 1.42 bits per heavy atom. The lowest BCUT2D eigenvalue weighted by Crippen LogP contribution is -2.32. The summed E-state index contributed by atoms with van der Waals surface area (Å²) in [5.74, 6) is 0.528. The molecular weight excluding hydrogens is 260 g/mol. The summed E-state index contributed by atoms with van der Waals surface area (Å²) >= 11 is 6.35. The number of hydrogen-bond acceptors (Lipinski definition) is 3. The Morgan fingerprint density at radius 3 is 2.53 bits per heavy atom. The highest BCUT2D eigenvalue weighted by atomic mass is 35.5. The molecule has 0 aromatic carbocycles. The van der Waals surface area contributed by atoms with Crippen molar-refractivity contribution >= 4 is 11.6 Å². The molecule has 1 aromatic rings. The van der Waals surface area contributed by atoms with Gasteiger partial charge in [0.15, 0.2) is 0 Å². The molecule has 1 atom stereocenters. The Bertz CT molecular complexity index is 400. The molecule has 0 saturated heterocycles. The van der Waals surface area contributed by atoms with Gasteiger partial charge < -0.3 is 10.6 Å². The van der Waals surface area contributed by atoms with Crippen LogP contribution in [0, 0.1) is 5.92 Å². The molecule has 0 aliphatic rings. The molecule has 110 valence electrons. The third-order valence-corrected chi connectivity index (χ3v) is 4.06. The number of halogens is 1. The summed E-state index contributed by atoms with van der Waals surface area (Å²) < 4.78 is 1.89. The van der Waals surface area contributed by atoms with Crippen LogP contribution in [0.15, 0.2) is 0 Å². The first-order chi connectivity index (χ1) is 8.86. The molecule has 0 bridgehead atoms. The van der Waals surface area contributed by atoms with Crippen LogP contribution in [0.5, 0.6) is 0 Å². The summed E-state index contributed by atoms with van der Waals surface area (Å²) in [6, 6.07) is 0.260. The second-order valence-corrected chi connectivity index (χ2v) is 6.00. The number of aryl methyl sites for hydroxylation is 2. The molecule has 2 N–H and O–H groups in total. The minimum Gasteiger partial charge on any atom is -0.327 e. The third-order valence-electron chi connectivity index (χ3n) is 3.62. The predicted octanol–water partition coefficient (Wildman–Crippen LogP) is 2.44. The van der Waals surface area contributed by atoms with Crippen LogP contribution in [0.4, 0.5) is 0 Å². The molecule has 0 saturated carbocycles. The quantitative estimate of drug-likeness (QED) is 0.837. The van der Waals surface area contributed by atoms with Crippen molar-refractivity contribution in [2.45, 2.75) is 46.2 Å². The first-order valence-electron chi connectivity index (χ1n) is 7.01. The van der Waals surface area contributed by atoms with Gasteiger partial charge in [-0.25, -0.2) is 0 Å². The average molecular weight is 287 g/mol. The second-order valence-electron chi connectivity index (χ2n) is 5.62. The number of nitrogens with two attached hydrogens (primary N) is 1. The van der Waals surface area contributed by atoms with Crippen molar-refractivity contribution in [3.63, 3.8) is 0 Å². The van der Waals surface area contributed by atoms with Gasteiger partial charge in [-0.3, -0.25) is 4.68 Å². The molecule has 0 aliphatic heterocycles. The first kappa shape index (κ1) is 16.5. The monoisotopic (exact) mass is 286 g/mol. The fraction of sp³-hybridized carbons (Fsp3) is 0.786. The van der Waals surface area contributed by atoms with Crippen LogP contribution in [0.3, 0.4) is 0 Å². The van der Waals surface area contributed by atoms with Crippen LogP contribution in [0.2, 0.25) is 5.02 Å². The molecule has 0 amide bonds. The summed E-state index contributed by atoms with van der Waals surface area (Å²) in [6.45, 7) is 8.19. The fourth-order valence-electron chi connectivity index (χ4n) is 2.03. The van der Waals surface area contributed by atoms with E-state index in [1.807, 2.05) is 11.7 Å². The van der Waals surface area contributed by atoms with E-state index in [4.69, 9.17) is 17.3 Å². The highest BCUT2D eigenvalue weighted by molar-refractivity contribution is 6.31. The Morgan fingerprint density at radius 2 is 2.05 bits per heavy atom. The van der Waals surface area contributed by atoms with Crippen LogP contribution in [0.1, 0.15) is 38.6 Å². The van der Waals surface area contributed by atoms with E-state index in [0.717, 1.165) is 42.3 Å². The van der Waals surface area contributed by atoms with Gasteiger partial charge in [0, 0.05) is 19.6 Å². The average Bonchev–Trinajstić information content (AvgIpc) is 2.63. The maximum absolute atomic E-state index is 6.35. The zero-order valence-corrected chi connectivity index (χ0v) is 13.5. The van der Waals surface area contributed by atoms with Gasteiger partial charge in [-0.1, -0.05) is 32.4 Å². The normalized spacial score (nSPS) is 13.5. The van der Waals surface area contributed by atoms with Gasteiger partial charge in [-0.05, 0) is 32.4 Å². The Balaban J connectivity index is 2.57. The highest BCUT2D eigenvalue weighted by Gasteiger charge is 2.15. The molecule has 1 aromatic heterocycles. The largest absolute Gasteiger partial charge is 0.327 e. The molecule has 0 radical (unpaired) electrons. The Labute approximate surface area is 121 Å². The third kappa shape index (κ3) is 4.48. The molecule has 4 nitrogen and oxygen atoms in total. The summed E-state index contributed by atoms with van der Waals surface area (Å²) in [7, 11) is 4.05. The van der Waals surface area contributed by atoms with E-state index in [1.54, 1.807) is 0 Å². The standard InChI is InChI=1S/C14H27ClN4/c1-6-12-14(15)13(19(5)17-12)9-18(4)8-7-11(16)10(2)3/h10-11H,6-9,16H2,1-5H3. The highest BCUT2D eigenvalue weighted by Crippen LogP contribution is 2.22. The molecule has 5 heteroatoms. The van der Waals surface area contributed by atoms with E-state index in [1.165, 1.54) is 0 Å². The molecule has 0 fully saturated rings. The second kappa shape index (κ2) is 7.27. The van der Waals surface area contributed by atoms with E-state index in [9.17, 15) is 0 Å². The van der Waals surface area contributed by atoms with E-state index >= 15 is 0 Å². The first-order valence-corrected chi connectivity index (χ1v) is 7.38. The van der Waals surface area contributed by atoms with Gasteiger partial charge in [-0.15, -0.1) is 0 Å². The number of hydrogen-bond donors (Lipinski definition) is 1. The van der Waals surface area contributed by atoms with Crippen LogP contribution in [0.25, 0.3) is 0 Å². The Kier molecular flexibility index (Phi) is 6.30. The summed E-state index contributed by atoms with van der Waals surface area (Å²) in [6.07, 6.45) is 1.87. The number of nitrogens with zero attached hydrogens (tertiary/aromatic N) is 3. The lowest BCUT2D eigenvalue weighted by Gasteiger charge is -2.21. The van der Waals surface area contributed by atoms with E-state index in [-0.39, 0.29) is 6.04 Å². The number of rotatable bonds is 7. The van der Waals surface area contributed by atoms with Gasteiger partial charge in [-0.2, -0.15) is 5.10 Å². The van der Waals surface area contributed by atoms with Gasteiger partial charge in [0.2, 0.25) is 0 Å². The van der Waals surface area contributed by atoms with Crippen molar-refractivity contribution < 1.29 is 0 Å². The maximum Gasteiger partial charge on any atom is 0.0863 e. The molecule has 0 aliphatic carbocycles. The predicted molar refractivity (Wildman–Crippen MR) is 81.4 cm³/mol. The van der Waals surface area contributed by atoms with Crippen LogP contribution in [-0.2, 0) is 20.0 Å². The van der Waals surface area contributed by atoms with Crippen molar-refractivity contribution in [3.05, 3.63) is 16.4 Å². The SMILES string of the molecule is CCc1nn(C)c(CN(C)CCC(N)C(C)C)c1Cl. The maximum atomic E-state index is 6.35. The van der Waals surface area contributed by atoms with Gasteiger partial charge in [0.05, 0.1) is 16.4 Å². The minimum absolute atomic E-state index is 0.260. The molecule has 1 heterocycles. The molecule has 0 spiro atoms. The van der Waals surface area contributed by atoms with Gasteiger partial charge in [0.1, 0.15) is 0 Å². The fourth-order valence-corrected chi connectivity index (χ4v) is 2.38. The minimum atomic E-state index is 0.260. The van der Waals surface area contributed by atoms with Gasteiger partial charge in [0.25, 0.3) is 0 Å². The Hall–Kier alpha value is -0.580. The number of aromatic nitrogens is 2. The lowest BCUT2D eigenvalue weighted by atomic mass is 10.0.